The van der Waals surface area contributed by atoms with E-state index < -0.39 is 10.0 Å². The van der Waals surface area contributed by atoms with Gasteiger partial charge in [0, 0.05) is 0 Å². The van der Waals surface area contributed by atoms with E-state index in [1.54, 1.807) is 0 Å². The van der Waals surface area contributed by atoms with Gasteiger partial charge in [0.15, 0.2) is 0 Å². The van der Waals surface area contributed by atoms with E-state index in [2.05, 4.69) is 5.14 Å². The fraction of sp³-hybridized carbons (Fsp3) is 1.00. The number of sulfonamides is 1. The summed E-state index contributed by atoms with van der Waals surface area (Å²) < 4.78 is 18.8. The van der Waals surface area contributed by atoms with Crippen molar-refractivity contribution in [3.05, 3.63) is 0 Å². The van der Waals surface area contributed by atoms with Crippen molar-refractivity contribution in [1.29, 1.82) is 0 Å². The Bertz CT molecular complexity index is 96.7. The average Bonchev–Trinajstić information content (AvgIpc) is 0.722. The smallest absolute Gasteiger partial charge is 0.229 e. The van der Waals surface area contributed by atoms with Crippen LogP contribution in [0.1, 0.15) is 0 Å². The SMILES string of the molecule is CS(N)(=O)=O.[Li+]. The van der Waals surface area contributed by atoms with Crippen molar-refractivity contribution in [3.8, 4) is 0 Å². The molecular weight excluding hydrogens is 97.0 g/mol. The van der Waals surface area contributed by atoms with E-state index in [-0.39, 0.29) is 18.9 Å². The largest absolute Gasteiger partial charge is 1.00 e. The van der Waals surface area contributed by atoms with Gasteiger partial charge < -0.3 is 0 Å². The van der Waals surface area contributed by atoms with Gasteiger partial charge >= 0.3 is 18.9 Å². The molecule has 0 aromatic rings. The first-order valence-corrected chi connectivity index (χ1v) is 2.93. The Labute approximate surface area is 49.1 Å². The summed E-state index contributed by atoms with van der Waals surface area (Å²) in [5, 5.41) is 4.33. The van der Waals surface area contributed by atoms with E-state index in [0.717, 1.165) is 6.26 Å². The summed E-state index contributed by atoms with van der Waals surface area (Å²) >= 11 is 0. The van der Waals surface area contributed by atoms with Crippen LogP contribution in [0.5, 0.6) is 0 Å². The molecule has 5 heteroatoms. The molecule has 0 amide bonds. The van der Waals surface area contributed by atoms with Crippen LogP contribution in [0.15, 0.2) is 0 Å². The van der Waals surface area contributed by atoms with Crippen LogP contribution >= 0.6 is 0 Å². The third-order valence-corrected chi connectivity index (χ3v) is 0. The minimum absolute atomic E-state index is 0. The summed E-state index contributed by atoms with van der Waals surface area (Å²) in [6, 6.07) is 0. The Morgan fingerprint density at radius 1 is 1.50 bits per heavy atom. The molecule has 0 rings (SSSR count). The molecule has 0 aliphatic rings. The second-order valence-electron chi connectivity index (χ2n) is 0.830. The van der Waals surface area contributed by atoms with Gasteiger partial charge in [-0.05, 0) is 0 Å². The van der Waals surface area contributed by atoms with Crippen molar-refractivity contribution >= 4 is 10.0 Å². The number of hydrogen-bond acceptors (Lipinski definition) is 2. The summed E-state index contributed by atoms with van der Waals surface area (Å²) in [4.78, 5) is 0. The van der Waals surface area contributed by atoms with Crippen molar-refractivity contribution in [2.75, 3.05) is 6.26 Å². The van der Waals surface area contributed by atoms with E-state index >= 15 is 0 Å². The van der Waals surface area contributed by atoms with Crippen molar-refractivity contribution in [2.45, 2.75) is 0 Å². The molecule has 0 heterocycles. The molecule has 0 aliphatic carbocycles. The summed E-state index contributed by atoms with van der Waals surface area (Å²) in [7, 11) is -3.17. The van der Waals surface area contributed by atoms with Gasteiger partial charge in [-0.2, -0.15) is 0 Å². The van der Waals surface area contributed by atoms with Crippen LogP contribution in [-0.4, -0.2) is 14.7 Å². The third-order valence-electron chi connectivity index (χ3n) is 0. The van der Waals surface area contributed by atoms with Gasteiger partial charge in [-0.25, -0.2) is 13.6 Å². The van der Waals surface area contributed by atoms with E-state index in [1.807, 2.05) is 0 Å². The maximum absolute atomic E-state index is 9.41. The number of hydrogen-bond donors (Lipinski definition) is 1. The molecule has 0 saturated carbocycles. The van der Waals surface area contributed by atoms with Crippen molar-refractivity contribution in [3.63, 3.8) is 0 Å². The molecule has 0 fully saturated rings. The quantitative estimate of drug-likeness (QED) is 0.316. The van der Waals surface area contributed by atoms with Crippen LogP contribution in [0, 0.1) is 0 Å². The molecule has 0 aromatic heterocycles. The van der Waals surface area contributed by atoms with Crippen LogP contribution in [-0.2, 0) is 10.0 Å². The zero-order chi connectivity index (χ0) is 4.50. The van der Waals surface area contributed by atoms with Crippen LogP contribution in [0.3, 0.4) is 0 Å². The summed E-state index contributed by atoms with van der Waals surface area (Å²) in [5.74, 6) is 0. The van der Waals surface area contributed by atoms with Gasteiger partial charge in [0.1, 0.15) is 0 Å². The average molecular weight is 102 g/mol. The van der Waals surface area contributed by atoms with Gasteiger partial charge in [-0.1, -0.05) is 0 Å². The Balaban J connectivity index is 0. The molecule has 2 N–H and O–H groups in total. The summed E-state index contributed by atoms with van der Waals surface area (Å²) in [6.45, 7) is 0. The topological polar surface area (TPSA) is 60.2 Å². The van der Waals surface area contributed by atoms with Crippen LogP contribution in [0.2, 0.25) is 0 Å². The van der Waals surface area contributed by atoms with Crippen molar-refractivity contribution < 1.29 is 27.3 Å². The minimum Gasteiger partial charge on any atom is -0.229 e. The van der Waals surface area contributed by atoms with Crippen molar-refractivity contribution in [2.24, 2.45) is 5.14 Å². The number of primary sulfonamides is 1. The molecule has 3 nitrogen and oxygen atoms in total. The Morgan fingerprint density at radius 3 is 1.50 bits per heavy atom. The molecule has 32 valence electrons. The normalized spacial score (nSPS) is 9.67. The molecule has 0 radical (unpaired) electrons. The zero-order valence-electron chi connectivity index (χ0n) is 3.80. The van der Waals surface area contributed by atoms with Crippen molar-refractivity contribution in [1.82, 2.24) is 0 Å². The van der Waals surface area contributed by atoms with Crippen LogP contribution in [0.25, 0.3) is 0 Å². The molecule has 0 spiro atoms. The maximum Gasteiger partial charge on any atom is 1.00 e. The monoisotopic (exact) mass is 102 g/mol. The fourth-order valence-corrected chi connectivity index (χ4v) is 0. The number of nitrogens with two attached hydrogens (primary N) is 1. The van der Waals surface area contributed by atoms with E-state index in [1.165, 1.54) is 0 Å². The molecule has 0 aliphatic heterocycles. The standard InChI is InChI=1S/CH5NO2S.Li/c1-5(2,3)4;/h1H3,(H2,2,3,4);/q;+1. The first kappa shape index (κ1) is 9.72. The van der Waals surface area contributed by atoms with Gasteiger partial charge in [0.25, 0.3) is 0 Å². The molecule has 6 heavy (non-hydrogen) atoms. The predicted molar refractivity (Wildman–Crippen MR) is 19.0 cm³/mol. The van der Waals surface area contributed by atoms with E-state index in [4.69, 9.17) is 0 Å². The predicted octanol–water partition coefficient (Wildman–Crippen LogP) is -4.09. The zero-order valence-corrected chi connectivity index (χ0v) is 4.62. The molecule has 0 unspecified atom stereocenters. The minimum atomic E-state index is -3.17. The van der Waals surface area contributed by atoms with Crippen LogP contribution in [0.4, 0.5) is 0 Å². The maximum atomic E-state index is 9.41. The second kappa shape index (κ2) is 2.64. The van der Waals surface area contributed by atoms with Crippen LogP contribution < -0.4 is 24.0 Å². The van der Waals surface area contributed by atoms with Gasteiger partial charge in [0.2, 0.25) is 10.0 Å². The van der Waals surface area contributed by atoms with Gasteiger partial charge in [-0.3, -0.25) is 0 Å². The second-order valence-corrected chi connectivity index (χ2v) is 2.49. The number of rotatable bonds is 0. The van der Waals surface area contributed by atoms with E-state index in [0.29, 0.717) is 0 Å². The first-order valence-electron chi connectivity index (χ1n) is 0.977. The molecular formula is CH5LiNO2S+. The summed E-state index contributed by atoms with van der Waals surface area (Å²) in [6.07, 6.45) is 0.938. The molecule has 0 saturated heterocycles. The third kappa shape index (κ3) is 215. The first-order chi connectivity index (χ1) is 2.00. The van der Waals surface area contributed by atoms with E-state index in [9.17, 15) is 8.42 Å². The fourth-order valence-electron chi connectivity index (χ4n) is 0. The molecule has 0 aromatic carbocycles. The Kier molecular flexibility index (Phi) is 4.28. The Hall–Kier alpha value is 0.507. The Morgan fingerprint density at radius 2 is 1.50 bits per heavy atom. The van der Waals surface area contributed by atoms with Gasteiger partial charge in [0.05, 0.1) is 6.26 Å². The molecule has 0 bridgehead atoms. The van der Waals surface area contributed by atoms with Gasteiger partial charge in [-0.15, -0.1) is 0 Å². The summed E-state index contributed by atoms with van der Waals surface area (Å²) in [5.41, 5.74) is 0. The molecule has 0 atom stereocenters.